The molecule has 2 saturated heterocycles. The Hall–Kier alpha value is -3.53. The van der Waals surface area contributed by atoms with E-state index in [1.54, 1.807) is 18.5 Å². The lowest BCUT2D eigenvalue weighted by Crippen LogP contribution is -2.28. The number of nitrogens with zero attached hydrogens (tertiary/aromatic N) is 5. The van der Waals surface area contributed by atoms with Gasteiger partial charge in [-0.3, -0.25) is 0 Å². The second kappa shape index (κ2) is 10.7. The van der Waals surface area contributed by atoms with E-state index >= 15 is 0 Å². The van der Waals surface area contributed by atoms with Gasteiger partial charge in [-0.25, -0.2) is 23.4 Å². The molecule has 0 radical (unpaired) electrons. The van der Waals surface area contributed by atoms with Crippen molar-refractivity contribution in [3.05, 3.63) is 42.5 Å². The summed E-state index contributed by atoms with van der Waals surface area (Å²) in [5.41, 5.74) is 2.24. The normalized spacial score (nSPS) is 27.3. The van der Waals surface area contributed by atoms with Crippen LogP contribution in [0.15, 0.2) is 36.9 Å². The quantitative estimate of drug-likeness (QED) is 0.358. The number of rotatable bonds is 7. The van der Waals surface area contributed by atoms with Gasteiger partial charge in [-0.1, -0.05) is 11.8 Å². The summed E-state index contributed by atoms with van der Waals surface area (Å²) in [6, 6.07) is 3.91. The standard InChI is InChI=1S/C29H33N7O4S/c37-22-5-3-21(4-6-22)33-25-14-28(31-15-19(25)2-1-18-13-23-7-10-26(18)40-23)34-27-11-12-30-29(35-27)20-16-32-36(17-20)41(38,39)24-8-9-24/h11-12,14-18,21-24,26,37H,3-10,13H2,(H2,30,31,33,34,35). The van der Waals surface area contributed by atoms with Gasteiger partial charge >= 0.3 is 0 Å². The second-order valence-electron chi connectivity index (χ2n) is 11.5. The van der Waals surface area contributed by atoms with Gasteiger partial charge in [-0.15, -0.1) is 0 Å². The Morgan fingerprint density at radius 2 is 1.88 bits per heavy atom. The molecule has 41 heavy (non-hydrogen) atoms. The minimum atomic E-state index is -3.46. The zero-order valence-corrected chi connectivity index (χ0v) is 23.4. The lowest BCUT2D eigenvalue weighted by molar-refractivity contribution is 0.0987. The number of hydrogen-bond donors (Lipinski definition) is 3. The Bertz CT molecular complexity index is 1600. The number of fused-ring (bicyclic) bond motifs is 2. The molecule has 0 spiro atoms. The van der Waals surface area contributed by atoms with Crippen molar-refractivity contribution < 1.29 is 18.3 Å². The fraction of sp³-hybridized carbons (Fsp3) is 0.517. The van der Waals surface area contributed by atoms with Crippen molar-refractivity contribution in [1.82, 2.24) is 24.1 Å². The molecule has 3 unspecified atom stereocenters. The first-order chi connectivity index (χ1) is 19.9. The maximum atomic E-state index is 12.5. The summed E-state index contributed by atoms with van der Waals surface area (Å²) in [5.74, 6) is 8.55. The van der Waals surface area contributed by atoms with Crippen molar-refractivity contribution in [2.24, 2.45) is 5.92 Å². The molecule has 0 aromatic carbocycles. The minimum Gasteiger partial charge on any atom is -0.393 e. The molecule has 2 aliphatic carbocycles. The molecule has 3 aromatic heterocycles. The van der Waals surface area contributed by atoms with Gasteiger partial charge < -0.3 is 20.5 Å². The van der Waals surface area contributed by atoms with Gasteiger partial charge in [0.05, 0.1) is 52.8 Å². The third-order valence-electron chi connectivity index (χ3n) is 8.39. The summed E-state index contributed by atoms with van der Waals surface area (Å²) in [6.45, 7) is 0. The Kier molecular flexibility index (Phi) is 6.89. The predicted octanol–water partition coefficient (Wildman–Crippen LogP) is 3.45. The molecule has 2 bridgehead atoms. The Labute approximate surface area is 239 Å². The first-order valence-electron chi connectivity index (χ1n) is 14.4. The SMILES string of the molecule is O=S(=O)(C1CC1)n1cc(-c2nccc(Nc3cc(NC4CCC(O)CC4)c(C#CC4CC5CCC4O5)cn3)n2)cn1. The highest BCUT2D eigenvalue weighted by Gasteiger charge is 2.40. The van der Waals surface area contributed by atoms with E-state index in [0.717, 1.165) is 60.3 Å². The molecule has 4 fully saturated rings. The molecule has 4 aliphatic rings. The summed E-state index contributed by atoms with van der Waals surface area (Å²) >= 11 is 0. The van der Waals surface area contributed by atoms with Crippen LogP contribution in [0.5, 0.6) is 0 Å². The minimum absolute atomic E-state index is 0.229. The van der Waals surface area contributed by atoms with E-state index < -0.39 is 10.0 Å². The number of pyridine rings is 1. The van der Waals surface area contributed by atoms with Gasteiger partial charge in [0, 0.05) is 30.4 Å². The van der Waals surface area contributed by atoms with Crippen LogP contribution in [-0.4, -0.2) is 67.3 Å². The zero-order valence-electron chi connectivity index (χ0n) is 22.6. The van der Waals surface area contributed by atoms with Gasteiger partial charge in [-0.05, 0) is 63.9 Å². The van der Waals surface area contributed by atoms with Crippen LogP contribution in [0.4, 0.5) is 17.3 Å². The molecule has 3 atom stereocenters. The first kappa shape index (κ1) is 26.4. The van der Waals surface area contributed by atoms with Gasteiger partial charge in [-0.2, -0.15) is 9.19 Å². The fourth-order valence-corrected chi connectivity index (χ4v) is 7.40. The van der Waals surface area contributed by atoms with Crippen molar-refractivity contribution in [2.45, 2.75) is 87.4 Å². The van der Waals surface area contributed by atoms with Crippen LogP contribution in [0.2, 0.25) is 0 Å². The summed E-state index contributed by atoms with van der Waals surface area (Å²) in [7, 11) is -3.46. The zero-order chi connectivity index (χ0) is 28.0. The third-order valence-corrected chi connectivity index (χ3v) is 10.4. The smallest absolute Gasteiger partial charge is 0.256 e. The Morgan fingerprint density at radius 3 is 2.63 bits per heavy atom. The van der Waals surface area contributed by atoms with Crippen LogP contribution in [0.3, 0.4) is 0 Å². The average Bonchev–Trinajstić information content (AvgIpc) is 3.37. The van der Waals surface area contributed by atoms with Gasteiger partial charge in [0.2, 0.25) is 0 Å². The predicted molar refractivity (Wildman–Crippen MR) is 153 cm³/mol. The van der Waals surface area contributed by atoms with E-state index in [2.05, 4.69) is 42.5 Å². The summed E-state index contributed by atoms with van der Waals surface area (Å²) in [5, 5.41) is 20.6. The number of hydrogen-bond acceptors (Lipinski definition) is 10. The van der Waals surface area contributed by atoms with Gasteiger partial charge in [0.1, 0.15) is 11.6 Å². The van der Waals surface area contributed by atoms with E-state index in [4.69, 9.17) is 4.74 Å². The molecule has 214 valence electrons. The Balaban J connectivity index is 1.12. The average molecular weight is 576 g/mol. The van der Waals surface area contributed by atoms with Crippen LogP contribution in [-0.2, 0) is 14.8 Å². The molecule has 5 heterocycles. The highest BCUT2D eigenvalue weighted by molar-refractivity contribution is 7.90. The van der Waals surface area contributed by atoms with Crippen LogP contribution >= 0.6 is 0 Å². The third kappa shape index (κ3) is 5.66. The monoisotopic (exact) mass is 575 g/mol. The number of nitrogens with one attached hydrogen (secondary N) is 2. The second-order valence-corrected chi connectivity index (χ2v) is 13.6. The summed E-state index contributed by atoms with van der Waals surface area (Å²) in [4.78, 5) is 13.5. The van der Waals surface area contributed by atoms with Crippen LogP contribution in [0.25, 0.3) is 11.4 Å². The topological polar surface area (TPSA) is 144 Å². The molecule has 0 amide bonds. The maximum absolute atomic E-state index is 12.5. The largest absolute Gasteiger partial charge is 0.393 e. The van der Waals surface area contributed by atoms with Crippen LogP contribution < -0.4 is 10.6 Å². The molecule has 7 rings (SSSR count). The van der Waals surface area contributed by atoms with Crippen molar-refractivity contribution in [1.29, 1.82) is 0 Å². The van der Waals surface area contributed by atoms with Gasteiger partial charge in [0.15, 0.2) is 5.82 Å². The van der Waals surface area contributed by atoms with E-state index in [-0.39, 0.29) is 29.4 Å². The molecule has 3 N–H and O–H groups in total. The molecule has 11 nitrogen and oxygen atoms in total. The number of aliphatic hydroxyl groups excluding tert-OH is 1. The van der Waals surface area contributed by atoms with Crippen LogP contribution in [0, 0.1) is 17.8 Å². The van der Waals surface area contributed by atoms with E-state index in [1.165, 1.54) is 12.4 Å². The summed E-state index contributed by atoms with van der Waals surface area (Å²) < 4.78 is 32.1. The lowest BCUT2D eigenvalue weighted by Gasteiger charge is -2.27. The van der Waals surface area contributed by atoms with Crippen molar-refractivity contribution >= 4 is 27.3 Å². The molecule has 2 aliphatic heterocycles. The highest BCUT2D eigenvalue weighted by atomic mass is 32.2. The maximum Gasteiger partial charge on any atom is 0.256 e. The first-order valence-corrected chi connectivity index (χ1v) is 15.9. The van der Waals surface area contributed by atoms with Crippen molar-refractivity contribution in [3.8, 4) is 23.2 Å². The number of aromatic nitrogens is 5. The van der Waals surface area contributed by atoms with Crippen molar-refractivity contribution in [2.75, 3.05) is 10.6 Å². The molecule has 12 heteroatoms. The van der Waals surface area contributed by atoms with E-state index in [1.807, 2.05) is 6.07 Å². The Morgan fingerprint density at radius 1 is 1.02 bits per heavy atom. The molecular weight excluding hydrogens is 542 g/mol. The fourth-order valence-electron chi connectivity index (χ4n) is 5.92. The van der Waals surface area contributed by atoms with Crippen molar-refractivity contribution in [3.63, 3.8) is 0 Å². The molecular formula is C29H33N7O4S. The number of ether oxygens (including phenoxy) is 1. The van der Waals surface area contributed by atoms with Crippen LogP contribution in [0.1, 0.15) is 63.4 Å². The molecule has 3 aromatic rings. The number of aliphatic hydroxyl groups is 1. The number of anilines is 3. The van der Waals surface area contributed by atoms with Gasteiger partial charge in [0.25, 0.3) is 10.0 Å². The van der Waals surface area contributed by atoms with E-state index in [9.17, 15) is 13.5 Å². The lowest BCUT2D eigenvalue weighted by atomic mass is 9.89. The highest BCUT2D eigenvalue weighted by Crippen LogP contribution is 2.38. The van der Waals surface area contributed by atoms with E-state index in [0.29, 0.717) is 42.0 Å². The summed E-state index contributed by atoms with van der Waals surface area (Å²) in [6.07, 6.45) is 14.6. The molecule has 2 saturated carbocycles.